The Bertz CT molecular complexity index is 818. The van der Waals surface area contributed by atoms with Crippen LogP contribution in [0.15, 0.2) is 54.2 Å². The lowest BCUT2D eigenvalue weighted by Gasteiger charge is -2.07. The summed E-state index contributed by atoms with van der Waals surface area (Å²) in [5.74, 6) is 0.519. The van der Waals surface area contributed by atoms with Gasteiger partial charge in [-0.15, -0.1) is 11.3 Å². The molecule has 0 unspecified atom stereocenters. The van der Waals surface area contributed by atoms with Crippen molar-refractivity contribution in [1.82, 2.24) is 15.3 Å². The third-order valence-corrected chi connectivity index (χ3v) is 4.23. The second-order valence-electron chi connectivity index (χ2n) is 5.27. The van der Waals surface area contributed by atoms with Gasteiger partial charge in [0.1, 0.15) is 10.8 Å². The molecule has 1 aromatic carbocycles. The molecule has 122 valence electrons. The van der Waals surface area contributed by atoms with Crippen molar-refractivity contribution >= 4 is 17.2 Å². The van der Waals surface area contributed by atoms with Gasteiger partial charge in [0.25, 0.3) is 5.91 Å². The minimum absolute atomic E-state index is 0.0109. The second kappa shape index (κ2) is 7.70. The molecule has 1 amide bonds. The third kappa shape index (κ3) is 4.39. The molecular weight excluding hydrogens is 322 g/mol. The number of nitrogens with one attached hydrogen (secondary N) is 1. The van der Waals surface area contributed by atoms with E-state index >= 15 is 0 Å². The summed E-state index contributed by atoms with van der Waals surface area (Å²) >= 11 is 1.53. The van der Waals surface area contributed by atoms with Gasteiger partial charge in [0.05, 0.1) is 12.2 Å². The number of aryl methyl sites for hydroxylation is 1. The van der Waals surface area contributed by atoms with Crippen LogP contribution in [0.1, 0.15) is 11.3 Å². The lowest BCUT2D eigenvalue weighted by atomic mass is 10.2. The fraction of sp³-hybridized carbons (Fsp3) is 0.167. The summed E-state index contributed by atoms with van der Waals surface area (Å²) in [5.41, 5.74) is 2.89. The first-order chi connectivity index (χ1) is 11.7. The van der Waals surface area contributed by atoms with Crippen LogP contribution in [0.4, 0.5) is 0 Å². The van der Waals surface area contributed by atoms with E-state index in [9.17, 15) is 4.79 Å². The summed E-state index contributed by atoms with van der Waals surface area (Å²) in [5, 5.41) is 5.64. The largest absolute Gasteiger partial charge is 0.484 e. The topological polar surface area (TPSA) is 64.1 Å². The van der Waals surface area contributed by atoms with Crippen molar-refractivity contribution in [1.29, 1.82) is 0 Å². The zero-order valence-corrected chi connectivity index (χ0v) is 14.0. The average molecular weight is 339 g/mol. The maximum Gasteiger partial charge on any atom is 0.258 e. The highest BCUT2D eigenvalue weighted by atomic mass is 32.1. The zero-order chi connectivity index (χ0) is 16.8. The van der Waals surface area contributed by atoms with Crippen LogP contribution < -0.4 is 10.1 Å². The minimum Gasteiger partial charge on any atom is -0.484 e. The van der Waals surface area contributed by atoms with Crippen LogP contribution >= 0.6 is 11.3 Å². The molecule has 0 aliphatic rings. The smallest absolute Gasteiger partial charge is 0.258 e. The Kier molecular flexibility index (Phi) is 5.18. The molecule has 0 spiro atoms. The first kappa shape index (κ1) is 16.1. The van der Waals surface area contributed by atoms with Crippen molar-refractivity contribution in [2.45, 2.75) is 13.5 Å². The Hall–Kier alpha value is -2.73. The van der Waals surface area contributed by atoms with Gasteiger partial charge in [-0.2, -0.15) is 0 Å². The number of pyridine rings is 1. The molecule has 2 heterocycles. The van der Waals surface area contributed by atoms with Gasteiger partial charge in [-0.1, -0.05) is 12.1 Å². The Morgan fingerprint density at radius 2 is 2.21 bits per heavy atom. The second-order valence-corrected chi connectivity index (χ2v) is 6.13. The van der Waals surface area contributed by atoms with Crippen LogP contribution in [0.3, 0.4) is 0 Å². The quantitative estimate of drug-likeness (QED) is 0.749. The number of thiazole rings is 1. The minimum atomic E-state index is -0.174. The zero-order valence-electron chi connectivity index (χ0n) is 13.2. The Balaban J connectivity index is 1.49. The number of ether oxygens (including phenoxy) is 1. The molecule has 0 atom stereocenters. The maximum atomic E-state index is 11.9. The summed E-state index contributed by atoms with van der Waals surface area (Å²) < 4.78 is 5.47. The first-order valence-electron chi connectivity index (χ1n) is 7.52. The number of carbonyl (C=O) groups is 1. The summed E-state index contributed by atoms with van der Waals surface area (Å²) in [6, 6.07) is 11.5. The molecule has 0 radical (unpaired) electrons. The van der Waals surface area contributed by atoms with Crippen molar-refractivity contribution in [3.8, 4) is 16.3 Å². The molecule has 24 heavy (non-hydrogen) atoms. The van der Waals surface area contributed by atoms with E-state index in [1.165, 1.54) is 11.3 Å². The number of aromatic nitrogens is 2. The van der Waals surface area contributed by atoms with E-state index in [2.05, 4.69) is 15.3 Å². The molecule has 0 bridgehead atoms. The molecule has 0 aliphatic carbocycles. The lowest BCUT2D eigenvalue weighted by molar-refractivity contribution is -0.123. The van der Waals surface area contributed by atoms with Crippen molar-refractivity contribution < 1.29 is 9.53 Å². The predicted molar refractivity (Wildman–Crippen MR) is 93.9 cm³/mol. The predicted octanol–water partition coefficient (Wildman–Crippen LogP) is 3.21. The van der Waals surface area contributed by atoms with Gasteiger partial charge in [0, 0.05) is 23.3 Å². The number of hydrogen-bond acceptors (Lipinski definition) is 5. The summed E-state index contributed by atoms with van der Waals surface area (Å²) in [4.78, 5) is 20.5. The number of rotatable bonds is 6. The molecule has 0 fully saturated rings. The van der Waals surface area contributed by atoms with Gasteiger partial charge in [-0.05, 0) is 36.8 Å². The van der Waals surface area contributed by atoms with E-state index in [0.717, 1.165) is 21.8 Å². The van der Waals surface area contributed by atoms with Crippen LogP contribution in [0.2, 0.25) is 0 Å². The van der Waals surface area contributed by atoms with Gasteiger partial charge in [0.15, 0.2) is 6.61 Å². The van der Waals surface area contributed by atoms with Crippen LogP contribution in [-0.2, 0) is 11.3 Å². The van der Waals surface area contributed by atoms with Gasteiger partial charge in [-0.25, -0.2) is 4.98 Å². The molecule has 2 aromatic heterocycles. The number of nitrogens with zero attached hydrogens (tertiary/aromatic N) is 2. The number of hydrogen-bond donors (Lipinski definition) is 1. The van der Waals surface area contributed by atoms with Gasteiger partial charge < -0.3 is 10.1 Å². The number of carbonyl (C=O) groups excluding carboxylic acids is 1. The summed E-state index contributed by atoms with van der Waals surface area (Å²) in [6.45, 7) is 2.35. The van der Waals surface area contributed by atoms with Crippen LogP contribution in [-0.4, -0.2) is 22.5 Å². The first-order valence-corrected chi connectivity index (χ1v) is 8.39. The van der Waals surface area contributed by atoms with E-state index in [-0.39, 0.29) is 12.5 Å². The Morgan fingerprint density at radius 3 is 3.00 bits per heavy atom. The monoisotopic (exact) mass is 339 g/mol. The van der Waals surface area contributed by atoms with E-state index < -0.39 is 0 Å². The highest BCUT2D eigenvalue weighted by molar-refractivity contribution is 7.13. The molecule has 0 saturated heterocycles. The van der Waals surface area contributed by atoms with Crippen molar-refractivity contribution in [2.24, 2.45) is 0 Å². The molecular formula is C18H17N3O2S. The Morgan fingerprint density at radius 1 is 1.29 bits per heavy atom. The fourth-order valence-electron chi connectivity index (χ4n) is 2.10. The van der Waals surface area contributed by atoms with E-state index in [0.29, 0.717) is 12.3 Å². The summed E-state index contributed by atoms with van der Waals surface area (Å²) in [6.07, 6.45) is 3.50. The lowest BCUT2D eigenvalue weighted by Crippen LogP contribution is -2.28. The van der Waals surface area contributed by atoms with E-state index in [1.807, 2.05) is 48.7 Å². The summed E-state index contributed by atoms with van der Waals surface area (Å²) in [7, 11) is 0. The third-order valence-electron chi connectivity index (χ3n) is 3.29. The normalized spacial score (nSPS) is 10.4. The van der Waals surface area contributed by atoms with Crippen molar-refractivity contribution in [3.05, 3.63) is 65.4 Å². The highest BCUT2D eigenvalue weighted by Gasteiger charge is 2.07. The molecule has 0 aliphatic heterocycles. The maximum absolute atomic E-state index is 11.9. The van der Waals surface area contributed by atoms with E-state index in [1.54, 1.807) is 12.4 Å². The van der Waals surface area contributed by atoms with Crippen LogP contribution in [0.25, 0.3) is 10.6 Å². The van der Waals surface area contributed by atoms with Crippen molar-refractivity contribution in [3.63, 3.8) is 0 Å². The number of amides is 1. The number of benzene rings is 1. The van der Waals surface area contributed by atoms with E-state index in [4.69, 9.17) is 4.74 Å². The molecule has 0 saturated carbocycles. The highest BCUT2D eigenvalue weighted by Crippen LogP contribution is 2.22. The van der Waals surface area contributed by atoms with Crippen LogP contribution in [0, 0.1) is 6.92 Å². The Labute approximate surface area is 144 Å². The molecule has 5 nitrogen and oxygen atoms in total. The fourth-order valence-corrected chi connectivity index (χ4v) is 2.91. The van der Waals surface area contributed by atoms with Gasteiger partial charge in [-0.3, -0.25) is 9.78 Å². The molecule has 1 N–H and O–H groups in total. The van der Waals surface area contributed by atoms with Gasteiger partial charge >= 0.3 is 0 Å². The standard InChI is InChI=1S/C18H17N3O2S/c1-13-4-2-6-16(8-13)23-11-17(22)20-10-15-12-24-18(21-15)14-5-3-7-19-9-14/h2-9,12H,10-11H2,1H3,(H,20,22). The average Bonchev–Trinajstić information content (AvgIpc) is 3.08. The van der Waals surface area contributed by atoms with Gasteiger partial charge in [0.2, 0.25) is 0 Å². The SMILES string of the molecule is Cc1cccc(OCC(=O)NCc2csc(-c3cccnc3)n2)c1. The van der Waals surface area contributed by atoms with Crippen molar-refractivity contribution in [2.75, 3.05) is 6.61 Å². The molecule has 6 heteroatoms. The van der Waals surface area contributed by atoms with Crippen LogP contribution in [0.5, 0.6) is 5.75 Å². The molecule has 3 aromatic rings. The molecule has 3 rings (SSSR count).